The summed E-state index contributed by atoms with van der Waals surface area (Å²) in [5.41, 5.74) is 0. The monoisotopic (exact) mass is 198 g/mol. The van der Waals surface area contributed by atoms with Gasteiger partial charge in [-0.15, -0.1) is 0 Å². The van der Waals surface area contributed by atoms with Crippen LogP contribution in [-0.4, -0.2) is 48.8 Å². The van der Waals surface area contributed by atoms with E-state index >= 15 is 0 Å². The van der Waals surface area contributed by atoms with Crippen LogP contribution in [0.15, 0.2) is 0 Å². The second-order valence-electron chi connectivity index (χ2n) is 4.77. The van der Waals surface area contributed by atoms with Crippen LogP contribution in [0.1, 0.15) is 25.7 Å². The molecular weight excluding hydrogens is 176 g/mol. The Kier molecular flexibility index (Phi) is 3.42. The third kappa shape index (κ3) is 2.10. The molecule has 2 aliphatic rings. The second kappa shape index (κ2) is 4.60. The van der Waals surface area contributed by atoms with Crippen molar-refractivity contribution in [3.05, 3.63) is 0 Å². The normalized spacial score (nSPS) is 39.4. The van der Waals surface area contributed by atoms with Crippen LogP contribution < -0.4 is 5.32 Å². The van der Waals surface area contributed by atoms with Gasteiger partial charge in [-0.3, -0.25) is 4.90 Å². The molecule has 3 unspecified atom stereocenters. The van der Waals surface area contributed by atoms with Gasteiger partial charge >= 0.3 is 0 Å². The van der Waals surface area contributed by atoms with E-state index in [-0.39, 0.29) is 6.10 Å². The van der Waals surface area contributed by atoms with Crippen molar-refractivity contribution >= 4 is 0 Å². The van der Waals surface area contributed by atoms with Crippen LogP contribution in [0, 0.1) is 5.92 Å². The molecule has 2 N–H and O–H groups in total. The quantitative estimate of drug-likeness (QED) is 0.691. The van der Waals surface area contributed by atoms with E-state index in [0.29, 0.717) is 6.04 Å². The van der Waals surface area contributed by atoms with Gasteiger partial charge in [0.15, 0.2) is 0 Å². The molecule has 1 saturated heterocycles. The lowest BCUT2D eigenvalue weighted by Crippen LogP contribution is -2.39. The minimum absolute atomic E-state index is 0.0525. The van der Waals surface area contributed by atoms with E-state index in [1.165, 1.54) is 32.4 Å². The maximum atomic E-state index is 9.81. The Hall–Kier alpha value is -0.120. The zero-order valence-electron chi connectivity index (χ0n) is 9.08. The van der Waals surface area contributed by atoms with E-state index in [0.717, 1.165) is 18.9 Å². The van der Waals surface area contributed by atoms with E-state index in [1.54, 1.807) is 0 Å². The SMILES string of the molecule is CNCC1CCN(C2CCCC2O)C1. The van der Waals surface area contributed by atoms with Crippen molar-refractivity contribution in [2.45, 2.75) is 37.8 Å². The number of aliphatic hydroxyl groups excluding tert-OH is 1. The highest BCUT2D eigenvalue weighted by Gasteiger charge is 2.34. The highest BCUT2D eigenvalue weighted by atomic mass is 16.3. The Bertz CT molecular complexity index is 186. The molecule has 0 radical (unpaired) electrons. The van der Waals surface area contributed by atoms with E-state index in [9.17, 15) is 5.11 Å². The molecule has 14 heavy (non-hydrogen) atoms. The lowest BCUT2D eigenvalue weighted by molar-refractivity contribution is 0.0831. The predicted octanol–water partition coefficient (Wildman–Crippen LogP) is 0.441. The van der Waals surface area contributed by atoms with Crippen molar-refractivity contribution in [3.63, 3.8) is 0 Å². The fourth-order valence-electron chi connectivity index (χ4n) is 2.97. The molecule has 0 aromatic carbocycles. The van der Waals surface area contributed by atoms with Crippen molar-refractivity contribution in [2.75, 3.05) is 26.7 Å². The fourth-order valence-corrected chi connectivity index (χ4v) is 2.97. The first kappa shape index (κ1) is 10.4. The minimum Gasteiger partial charge on any atom is -0.391 e. The number of likely N-dealkylation sites (tertiary alicyclic amines) is 1. The van der Waals surface area contributed by atoms with Crippen molar-refractivity contribution in [3.8, 4) is 0 Å². The molecule has 1 saturated carbocycles. The Morgan fingerprint density at radius 3 is 2.86 bits per heavy atom. The fraction of sp³-hybridized carbons (Fsp3) is 1.00. The predicted molar refractivity (Wildman–Crippen MR) is 57.3 cm³/mol. The van der Waals surface area contributed by atoms with E-state index in [4.69, 9.17) is 0 Å². The topological polar surface area (TPSA) is 35.5 Å². The van der Waals surface area contributed by atoms with Gasteiger partial charge in [-0.1, -0.05) is 0 Å². The lowest BCUT2D eigenvalue weighted by atomic mass is 10.1. The Balaban J connectivity index is 1.82. The first-order chi connectivity index (χ1) is 6.81. The summed E-state index contributed by atoms with van der Waals surface area (Å²) < 4.78 is 0. The Morgan fingerprint density at radius 1 is 1.36 bits per heavy atom. The van der Waals surface area contributed by atoms with Crippen LogP contribution in [0.5, 0.6) is 0 Å². The summed E-state index contributed by atoms with van der Waals surface area (Å²) in [4.78, 5) is 2.50. The van der Waals surface area contributed by atoms with Crippen molar-refractivity contribution in [1.29, 1.82) is 0 Å². The summed E-state index contributed by atoms with van der Waals surface area (Å²) in [6.07, 6.45) is 4.66. The van der Waals surface area contributed by atoms with E-state index in [2.05, 4.69) is 10.2 Å². The molecule has 2 rings (SSSR count). The minimum atomic E-state index is -0.0525. The maximum absolute atomic E-state index is 9.81. The largest absolute Gasteiger partial charge is 0.391 e. The highest BCUT2D eigenvalue weighted by molar-refractivity contribution is 4.89. The average molecular weight is 198 g/mol. The van der Waals surface area contributed by atoms with Gasteiger partial charge in [-0.05, 0) is 51.7 Å². The number of rotatable bonds is 3. The van der Waals surface area contributed by atoms with Gasteiger partial charge in [0, 0.05) is 12.6 Å². The van der Waals surface area contributed by atoms with Crippen molar-refractivity contribution < 1.29 is 5.11 Å². The number of nitrogens with one attached hydrogen (secondary N) is 1. The lowest BCUT2D eigenvalue weighted by Gasteiger charge is -2.26. The molecule has 1 aliphatic carbocycles. The number of nitrogens with zero attached hydrogens (tertiary/aromatic N) is 1. The second-order valence-corrected chi connectivity index (χ2v) is 4.77. The van der Waals surface area contributed by atoms with Crippen LogP contribution in [0.25, 0.3) is 0 Å². The van der Waals surface area contributed by atoms with Gasteiger partial charge in [0.1, 0.15) is 0 Å². The standard InChI is InChI=1S/C11H22N2O/c1-12-7-9-5-6-13(8-9)10-3-2-4-11(10)14/h9-12,14H,2-8H2,1H3. The van der Waals surface area contributed by atoms with Crippen LogP contribution in [0.4, 0.5) is 0 Å². The number of hydrogen-bond donors (Lipinski definition) is 2. The molecule has 0 bridgehead atoms. The molecule has 0 amide bonds. The van der Waals surface area contributed by atoms with Crippen LogP contribution >= 0.6 is 0 Å². The van der Waals surface area contributed by atoms with Gasteiger partial charge < -0.3 is 10.4 Å². The molecule has 3 nitrogen and oxygen atoms in total. The summed E-state index contributed by atoms with van der Waals surface area (Å²) in [6.45, 7) is 3.50. The molecule has 1 aliphatic heterocycles. The van der Waals surface area contributed by atoms with Gasteiger partial charge in [-0.2, -0.15) is 0 Å². The maximum Gasteiger partial charge on any atom is 0.0695 e. The van der Waals surface area contributed by atoms with Gasteiger partial charge in [0.05, 0.1) is 6.10 Å². The molecule has 3 atom stereocenters. The molecule has 0 aromatic rings. The zero-order chi connectivity index (χ0) is 9.97. The first-order valence-corrected chi connectivity index (χ1v) is 5.88. The Morgan fingerprint density at radius 2 is 2.21 bits per heavy atom. The Labute approximate surface area is 86.5 Å². The summed E-state index contributed by atoms with van der Waals surface area (Å²) >= 11 is 0. The molecule has 1 heterocycles. The number of aliphatic hydroxyl groups is 1. The van der Waals surface area contributed by atoms with Gasteiger partial charge in [0.25, 0.3) is 0 Å². The highest BCUT2D eigenvalue weighted by Crippen LogP contribution is 2.28. The smallest absolute Gasteiger partial charge is 0.0695 e. The van der Waals surface area contributed by atoms with Gasteiger partial charge in [-0.25, -0.2) is 0 Å². The van der Waals surface area contributed by atoms with Gasteiger partial charge in [0.2, 0.25) is 0 Å². The molecule has 0 spiro atoms. The third-order valence-electron chi connectivity index (χ3n) is 3.72. The molecule has 3 heteroatoms. The van der Waals surface area contributed by atoms with E-state index in [1.807, 2.05) is 7.05 Å². The first-order valence-electron chi connectivity index (χ1n) is 5.88. The average Bonchev–Trinajstić information content (AvgIpc) is 2.74. The molecule has 2 fully saturated rings. The number of hydrogen-bond acceptors (Lipinski definition) is 3. The van der Waals surface area contributed by atoms with Crippen LogP contribution in [-0.2, 0) is 0 Å². The van der Waals surface area contributed by atoms with Crippen LogP contribution in [0.2, 0.25) is 0 Å². The molecule has 82 valence electrons. The molecular formula is C11H22N2O. The van der Waals surface area contributed by atoms with Crippen molar-refractivity contribution in [2.24, 2.45) is 5.92 Å². The van der Waals surface area contributed by atoms with Crippen molar-refractivity contribution in [1.82, 2.24) is 10.2 Å². The summed E-state index contributed by atoms with van der Waals surface area (Å²) in [5, 5.41) is 13.1. The zero-order valence-corrected chi connectivity index (χ0v) is 9.08. The molecule has 0 aromatic heterocycles. The summed E-state index contributed by atoms with van der Waals surface area (Å²) in [6, 6.07) is 0.469. The van der Waals surface area contributed by atoms with E-state index < -0.39 is 0 Å². The summed E-state index contributed by atoms with van der Waals surface area (Å²) in [5.74, 6) is 0.799. The van der Waals surface area contributed by atoms with Crippen LogP contribution in [0.3, 0.4) is 0 Å². The third-order valence-corrected chi connectivity index (χ3v) is 3.72. The summed E-state index contributed by atoms with van der Waals surface area (Å²) in [7, 11) is 2.02.